The number of hydrogen-bond acceptors (Lipinski definition) is 0. The lowest BCUT2D eigenvalue weighted by molar-refractivity contribution is 0.266. The summed E-state index contributed by atoms with van der Waals surface area (Å²) in [5.74, 6) is 4.94. The van der Waals surface area contributed by atoms with Gasteiger partial charge in [-0.2, -0.15) is 0 Å². The van der Waals surface area contributed by atoms with E-state index in [0.29, 0.717) is 0 Å². The predicted molar refractivity (Wildman–Crippen MR) is 59.7 cm³/mol. The van der Waals surface area contributed by atoms with Gasteiger partial charge in [-0.1, -0.05) is 53.9 Å². The van der Waals surface area contributed by atoms with Crippen LogP contribution in [0.1, 0.15) is 53.9 Å². The van der Waals surface area contributed by atoms with Gasteiger partial charge in [-0.05, 0) is 29.6 Å². The largest absolute Gasteiger partial charge is 0.0651 e. The van der Waals surface area contributed by atoms with Crippen molar-refractivity contribution in [2.24, 2.45) is 29.6 Å². The van der Waals surface area contributed by atoms with E-state index in [9.17, 15) is 0 Å². The minimum absolute atomic E-state index is 0.958. The predicted octanol–water partition coefficient (Wildman–Crippen LogP) is 4.35. The molecule has 4 atom stereocenters. The highest BCUT2D eigenvalue weighted by Gasteiger charge is 2.42. The first-order chi connectivity index (χ1) is 6.17. The number of hydrogen-bond donors (Lipinski definition) is 0. The lowest BCUT2D eigenvalue weighted by Gasteiger charge is -2.23. The van der Waals surface area contributed by atoms with Gasteiger partial charge in [-0.15, -0.1) is 0 Å². The quantitative estimate of drug-likeness (QED) is 0.608. The van der Waals surface area contributed by atoms with Crippen LogP contribution in [0.4, 0.5) is 0 Å². The molecule has 1 rings (SSSR count). The first-order valence-electron chi connectivity index (χ1n) is 6.17. The molecule has 0 aromatic carbocycles. The molecule has 0 aliphatic heterocycles. The maximum atomic E-state index is 2.47. The molecule has 13 heavy (non-hydrogen) atoms. The Morgan fingerprint density at radius 2 is 0.923 bits per heavy atom. The summed E-state index contributed by atoms with van der Waals surface area (Å²) in [6.07, 6.45) is 4.17. The molecule has 0 aromatic rings. The van der Waals surface area contributed by atoms with Crippen molar-refractivity contribution < 1.29 is 0 Å². The molecule has 0 bridgehead atoms. The van der Waals surface area contributed by atoms with Crippen LogP contribution in [0, 0.1) is 29.6 Å². The molecule has 1 aliphatic carbocycles. The fraction of sp³-hybridized carbons (Fsp3) is 1.00. The van der Waals surface area contributed by atoms with Crippen LogP contribution in [0.25, 0.3) is 0 Å². The van der Waals surface area contributed by atoms with Crippen LogP contribution in [0.15, 0.2) is 0 Å². The van der Waals surface area contributed by atoms with Crippen molar-refractivity contribution in [3.05, 3.63) is 0 Å². The van der Waals surface area contributed by atoms with Gasteiger partial charge in [-0.25, -0.2) is 0 Å². The Morgan fingerprint density at radius 1 is 0.615 bits per heavy atom. The summed E-state index contributed by atoms with van der Waals surface area (Å²) in [7, 11) is 0. The van der Waals surface area contributed by atoms with E-state index in [2.05, 4.69) is 34.6 Å². The van der Waals surface area contributed by atoms with Crippen molar-refractivity contribution in [3.8, 4) is 0 Å². The van der Waals surface area contributed by atoms with Crippen molar-refractivity contribution >= 4 is 0 Å². The third-order valence-corrected chi connectivity index (χ3v) is 4.69. The maximum absolute atomic E-state index is 2.47. The summed E-state index contributed by atoms with van der Waals surface area (Å²) in [4.78, 5) is 0. The van der Waals surface area contributed by atoms with Gasteiger partial charge in [0.2, 0.25) is 0 Å². The van der Waals surface area contributed by atoms with Crippen LogP contribution in [0.5, 0.6) is 0 Å². The third kappa shape index (κ3) is 1.78. The van der Waals surface area contributed by atoms with Crippen LogP contribution in [-0.4, -0.2) is 0 Å². The van der Waals surface area contributed by atoms with E-state index in [-0.39, 0.29) is 0 Å². The summed E-state index contributed by atoms with van der Waals surface area (Å²) in [5, 5.41) is 0. The monoisotopic (exact) mass is 182 g/mol. The van der Waals surface area contributed by atoms with Gasteiger partial charge in [-0.3, -0.25) is 0 Å². The molecule has 0 heterocycles. The van der Waals surface area contributed by atoms with Gasteiger partial charge in [0.15, 0.2) is 0 Å². The highest BCUT2D eigenvalue weighted by atomic mass is 14.5. The smallest absolute Gasteiger partial charge is 0.0355 e. The number of rotatable bonds is 3. The van der Waals surface area contributed by atoms with Crippen molar-refractivity contribution in [2.45, 2.75) is 53.9 Å². The molecule has 0 heteroatoms. The van der Waals surface area contributed by atoms with Gasteiger partial charge in [0, 0.05) is 0 Å². The van der Waals surface area contributed by atoms with Gasteiger partial charge in [0.1, 0.15) is 0 Å². The van der Waals surface area contributed by atoms with Crippen molar-refractivity contribution in [1.82, 2.24) is 0 Å². The molecule has 4 unspecified atom stereocenters. The van der Waals surface area contributed by atoms with Crippen LogP contribution < -0.4 is 0 Å². The summed E-state index contributed by atoms with van der Waals surface area (Å²) in [5.41, 5.74) is 0. The Balaban J connectivity index is 2.76. The van der Waals surface area contributed by atoms with Crippen molar-refractivity contribution in [3.63, 3.8) is 0 Å². The molecule has 0 N–H and O–H groups in total. The third-order valence-electron chi connectivity index (χ3n) is 4.69. The van der Waals surface area contributed by atoms with Gasteiger partial charge >= 0.3 is 0 Å². The molecule has 1 fully saturated rings. The summed E-state index contributed by atoms with van der Waals surface area (Å²) < 4.78 is 0. The van der Waals surface area contributed by atoms with E-state index in [1.54, 1.807) is 0 Å². The first-order valence-corrected chi connectivity index (χ1v) is 6.17. The van der Waals surface area contributed by atoms with E-state index < -0.39 is 0 Å². The molecular formula is C13H26. The average Bonchev–Trinajstić information content (AvgIpc) is 2.38. The van der Waals surface area contributed by atoms with E-state index in [1.165, 1.54) is 19.3 Å². The molecule has 78 valence electrons. The Labute approximate surface area is 84.1 Å². The van der Waals surface area contributed by atoms with Gasteiger partial charge in [0.05, 0.1) is 0 Å². The van der Waals surface area contributed by atoms with Gasteiger partial charge < -0.3 is 0 Å². The minimum Gasteiger partial charge on any atom is -0.0651 e. The molecular weight excluding hydrogens is 156 g/mol. The van der Waals surface area contributed by atoms with Crippen LogP contribution >= 0.6 is 0 Å². The molecule has 0 saturated heterocycles. The first kappa shape index (κ1) is 11.1. The fourth-order valence-electron chi connectivity index (χ4n) is 3.83. The highest BCUT2D eigenvalue weighted by Crippen LogP contribution is 2.49. The second-order valence-electron chi connectivity index (χ2n) is 4.93. The molecule has 0 nitrogen and oxygen atoms in total. The van der Waals surface area contributed by atoms with Crippen LogP contribution in [0.2, 0.25) is 0 Å². The van der Waals surface area contributed by atoms with Crippen LogP contribution in [0.3, 0.4) is 0 Å². The normalized spacial score (nSPS) is 45.5. The molecule has 1 aliphatic rings. The molecule has 1 saturated carbocycles. The average molecular weight is 182 g/mol. The Kier molecular flexibility index (Phi) is 3.82. The second kappa shape index (κ2) is 4.48. The maximum Gasteiger partial charge on any atom is -0.0355 e. The summed E-state index contributed by atoms with van der Waals surface area (Å²) in [6.45, 7) is 12.1. The Morgan fingerprint density at radius 3 is 1.15 bits per heavy atom. The van der Waals surface area contributed by atoms with E-state index >= 15 is 0 Å². The molecule has 0 aromatic heterocycles. The Bertz CT molecular complexity index is 134. The molecule has 0 spiro atoms. The van der Waals surface area contributed by atoms with E-state index in [1.807, 2.05) is 0 Å². The molecule has 0 amide bonds. The standard InChI is InChI=1S/C13H26/c1-6-11-9(4)10(5)12(7-2)13(11)8-3/h9-13H,6-8H2,1-5H3. The lowest BCUT2D eigenvalue weighted by Crippen LogP contribution is -2.15. The SMILES string of the molecule is CCC1C(C)C(C)C(CC)C1CC. The van der Waals surface area contributed by atoms with Crippen molar-refractivity contribution in [1.29, 1.82) is 0 Å². The zero-order valence-corrected chi connectivity index (χ0v) is 10.0. The van der Waals surface area contributed by atoms with E-state index in [4.69, 9.17) is 0 Å². The second-order valence-corrected chi connectivity index (χ2v) is 4.93. The van der Waals surface area contributed by atoms with Gasteiger partial charge in [0.25, 0.3) is 0 Å². The Hall–Kier alpha value is 0. The molecule has 0 radical (unpaired) electrons. The summed E-state index contributed by atoms with van der Waals surface area (Å²) >= 11 is 0. The highest BCUT2D eigenvalue weighted by molar-refractivity contribution is 4.91. The zero-order valence-electron chi connectivity index (χ0n) is 10.0. The van der Waals surface area contributed by atoms with Crippen LogP contribution in [-0.2, 0) is 0 Å². The minimum atomic E-state index is 0.958. The zero-order chi connectivity index (χ0) is 10.0. The van der Waals surface area contributed by atoms with E-state index in [0.717, 1.165) is 29.6 Å². The lowest BCUT2D eigenvalue weighted by atomic mass is 9.82. The topological polar surface area (TPSA) is 0 Å². The fourth-order valence-corrected chi connectivity index (χ4v) is 3.83. The summed E-state index contributed by atoms with van der Waals surface area (Å²) in [6, 6.07) is 0. The van der Waals surface area contributed by atoms with Crippen molar-refractivity contribution in [2.75, 3.05) is 0 Å².